The Balaban J connectivity index is 2.08. The minimum Gasteiger partial charge on any atom is -0.435 e. The number of ether oxygens (including phenoxy) is 1. The number of benzene rings is 2. The van der Waals surface area contributed by atoms with Crippen LogP contribution >= 0.6 is 0 Å². The highest BCUT2D eigenvalue weighted by Crippen LogP contribution is 2.22. The van der Waals surface area contributed by atoms with Crippen molar-refractivity contribution >= 4 is 5.91 Å². The third-order valence-electron chi connectivity index (χ3n) is 3.70. The molecule has 4 nitrogen and oxygen atoms in total. The maximum atomic E-state index is 12.5. The number of amides is 1. The van der Waals surface area contributed by atoms with Crippen molar-refractivity contribution in [1.29, 1.82) is 0 Å². The fourth-order valence-corrected chi connectivity index (χ4v) is 2.44. The quantitative estimate of drug-likeness (QED) is 0.817. The van der Waals surface area contributed by atoms with Gasteiger partial charge in [0, 0.05) is 6.54 Å². The van der Waals surface area contributed by atoms with E-state index in [1.165, 1.54) is 12.1 Å². The van der Waals surface area contributed by atoms with Gasteiger partial charge in [-0.1, -0.05) is 42.5 Å². The molecule has 0 radical (unpaired) electrons. The summed E-state index contributed by atoms with van der Waals surface area (Å²) >= 11 is 0. The van der Waals surface area contributed by atoms with Crippen molar-refractivity contribution in [2.45, 2.75) is 25.5 Å². The number of halogens is 2. The monoisotopic (exact) mass is 334 g/mol. The first kappa shape index (κ1) is 17.9. The summed E-state index contributed by atoms with van der Waals surface area (Å²) in [7, 11) is 0. The molecule has 2 aromatic carbocycles. The maximum Gasteiger partial charge on any atom is 0.387 e. The van der Waals surface area contributed by atoms with E-state index in [1.54, 1.807) is 19.1 Å². The van der Waals surface area contributed by atoms with Crippen LogP contribution < -0.4 is 15.8 Å². The Bertz CT molecular complexity index is 665. The normalized spacial score (nSPS) is 13.4. The summed E-state index contributed by atoms with van der Waals surface area (Å²) in [6, 6.07) is 15.2. The van der Waals surface area contributed by atoms with Crippen LogP contribution in [-0.4, -0.2) is 19.1 Å². The molecule has 0 aliphatic carbocycles. The van der Waals surface area contributed by atoms with Crippen molar-refractivity contribution in [3.63, 3.8) is 0 Å². The van der Waals surface area contributed by atoms with Crippen LogP contribution in [0.1, 0.15) is 30.0 Å². The Morgan fingerprint density at radius 1 is 1.12 bits per heavy atom. The van der Waals surface area contributed by atoms with E-state index in [0.717, 1.165) is 5.56 Å². The molecule has 2 rings (SSSR count). The number of alkyl halides is 2. The lowest BCUT2D eigenvalue weighted by molar-refractivity contribution is -0.123. The van der Waals surface area contributed by atoms with Gasteiger partial charge in [0.2, 0.25) is 5.91 Å². The van der Waals surface area contributed by atoms with Gasteiger partial charge in [-0.25, -0.2) is 0 Å². The molecule has 3 N–H and O–H groups in total. The van der Waals surface area contributed by atoms with E-state index in [9.17, 15) is 13.6 Å². The first-order chi connectivity index (χ1) is 11.5. The molecule has 128 valence electrons. The first-order valence-electron chi connectivity index (χ1n) is 7.61. The van der Waals surface area contributed by atoms with Gasteiger partial charge in [-0.05, 0) is 30.2 Å². The molecular weight excluding hydrogens is 314 g/mol. The second kappa shape index (κ2) is 8.40. The van der Waals surface area contributed by atoms with Gasteiger partial charge in [-0.2, -0.15) is 8.78 Å². The van der Waals surface area contributed by atoms with Gasteiger partial charge in [0.05, 0.1) is 12.0 Å². The topological polar surface area (TPSA) is 64.4 Å². The van der Waals surface area contributed by atoms with E-state index in [0.29, 0.717) is 5.56 Å². The molecule has 2 atom stereocenters. The Morgan fingerprint density at radius 3 is 2.42 bits per heavy atom. The molecule has 6 heteroatoms. The smallest absolute Gasteiger partial charge is 0.387 e. The van der Waals surface area contributed by atoms with E-state index in [1.807, 2.05) is 30.3 Å². The van der Waals surface area contributed by atoms with Gasteiger partial charge in [0.15, 0.2) is 0 Å². The van der Waals surface area contributed by atoms with E-state index < -0.39 is 12.5 Å². The Hall–Kier alpha value is -2.47. The van der Waals surface area contributed by atoms with E-state index in [-0.39, 0.29) is 24.2 Å². The number of rotatable bonds is 7. The summed E-state index contributed by atoms with van der Waals surface area (Å²) in [5, 5.41) is 2.86. The van der Waals surface area contributed by atoms with Crippen LogP contribution in [-0.2, 0) is 4.79 Å². The van der Waals surface area contributed by atoms with Gasteiger partial charge in [-0.3, -0.25) is 4.79 Å². The molecule has 0 saturated carbocycles. The van der Waals surface area contributed by atoms with Crippen LogP contribution in [0.2, 0.25) is 0 Å². The number of nitrogens with two attached hydrogens (primary N) is 1. The molecule has 24 heavy (non-hydrogen) atoms. The highest BCUT2D eigenvalue weighted by Gasteiger charge is 2.21. The lowest BCUT2D eigenvalue weighted by Crippen LogP contribution is -2.35. The van der Waals surface area contributed by atoms with Crippen LogP contribution in [0, 0.1) is 0 Å². The van der Waals surface area contributed by atoms with Crippen LogP contribution in [0.5, 0.6) is 5.75 Å². The lowest BCUT2D eigenvalue weighted by Gasteiger charge is -2.20. The van der Waals surface area contributed by atoms with Gasteiger partial charge < -0.3 is 15.8 Å². The molecule has 0 saturated heterocycles. The predicted octanol–water partition coefficient (Wildman–Crippen LogP) is 3.21. The van der Waals surface area contributed by atoms with E-state index in [4.69, 9.17) is 5.73 Å². The number of carbonyl (C=O) groups is 1. The Labute approximate surface area is 139 Å². The van der Waals surface area contributed by atoms with Crippen molar-refractivity contribution in [3.8, 4) is 5.75 Å². The Kier molecular flexibility index (Phi) is 6.26. The molecule has 0 aliphatic heterocycles. The summed E-state index contributed by atoms with van der Waals surface area (Å²) in [6.45, 7) is -0.931. The molecule has 0 aromatic heterocycles. The van der Waals surface area contributed by atoms with Crippen molar-refractivity contribution in [1.82, 2.24) is 5.32 Å². The largest absolute Gasteiger partial charge is 0.435 e. The van der Waals surface area contributed by atoms with Crippen LogP contribution in [0.4, 0.5) is 8.78 Å². The maximum absolute atomic E-state index is 12.5. The zero-order valence-electron chi connectivity index (χ0n) is 13.3. The van der Waals surface area contributed by atoms with Crippen molar-refractivity contribution < 1.29 is 18.3 Å². The molecule has 0 fully saturated rings. The summed E-state index contributed by atoms with van der Waals surface area (Å²) in [5.41, 5.74) is 7.24. The molecule has 0 heterocycles. The van der Waals surface area contributed by atoms with Gasteiger partial charge in [0.1, 0.15) is 5.75 Å². The fourth-order valence-electron chi connectivity index (χ4n) is 2.44. The second-order valence-corrected chi connectivity index (χ2v) is 5.38. The van der Waals surface area contributed by atoms with Gasteiger partial charge in [-0.15, -0.1) is 0 Å². The summed E-state index contributed by atoms with van der Waals surface area (Å²) in [5.74, 6) is -0.618. The van der Waals surface area contributed by atoms with E-state index >= 15 is 0 Å². The fraction of sp³-hybridized carbons (Fsp3) is 0.278. The first-order valence-corrected chi connectivity index (χ1v) is 7.61. The molecule has 1 amide bonds. The highest BCUT2D eigenvalue weighted by molar-refractivity contribution is 5.84. The molecule has 0 spiro atoms. The molecule has 0 bridgehead atoms. The van der Waals surface area contributed by atoms with E-state index in [2.05, 4.69) is 10.1 Å². The zero-order valence-corrected chi connectivity index (χ0v) is 13.3. The average Bonchev–Trinajstić information content (AvgIpc) is 2.56. The highest BCUT2D eigenvalue weighted by atomic mass is 19.3. The third kappa shape index (κ3) is 4.76. The average molecular weight is 334 g/mol. The number of hydrogen-bond acceptors (Lipinski definition) is 3. The number of hydrogen-bond donors (Lipinski definition) is 2. The Morgan fingerprint density at radius 2 is 1.79 bits per heavy atom. The standard InChI is InChI=1S/C18H20F2N2O2/c1-12(14-8-5-9-15(10-14)24-18(19)20)22-17(23)16(11-21)13-6-3-2-4-7-13/h2-10,12,16,18H,11,21H2,1H3,(H,22,23). The zero-order chi connectivity index (χ0) is 17.5. The van der Waals surface area contributed by atoms with Crippen LogP contribution in [0.25, 0.3) is 0 Å². The minimum atomic E-state index is -2.88. The molecule has 0 aliphatic rings. The number of nitrogens with one attached hydrogen (secondary N) is 1. The summed E-state index contributed by atoms with van der Waals surface area (Å²) in [6.07, 6.45) is 0. The lowest BCUT2D eigenvalue weighted by atomic mass is 9.97. The number of carbonyl (C=O) groups excluding carboxylic acids is 1. The predicted molar refractivity (Wildman–Crippen MR) is 87.9 cm³/mol. The third-order valence-corrected chi connectivity index (χ3v) is 3.70. The molecular formula is C18H20F2N2O2. The van der Waals surface area contributed by atoms with Crippen molar-refractivity contribution in [3.05, 3.63) is 65.7 Å². The van der Waals surface area contributed by atoms with Gasteiger partial charge in [0.25, 0.3) is 0 Å². The van der Waals surface area contributed by atoms with Crippen molar-refractivity contribution in [2.24, 2.45) is 5.73 Å². The molecule has 2 aromatic rings. The SMILES string of the molecule is CC(NC(=O)C(CN)c1ccccc1)c1cccc(OC(F)F)c1. The summed E-state index contributed by atoms with van der Waals surface area (Å²) < 4.78 is 29.0. The van der Waals surface area contributed by atoms with Crippen LogP contribution in [0.3, 0.4) is 0 Å². The second-order valence-electron chi connectivity index (χ2n) is 5.38. The summed E-state index contributed by atoms with van der Waals surface area (Å²) in [4.78, 5) is 12.5. The van der Waals surface area contributed by atoms with Crippen LogP contribution in [0.15, 0.2) is 54.6 Å². The van der Waals surface area contributed by atoms with Crippen molar-refractivity contribution in [2.75, 3.05) is 6.54 Å². The molecule has 2 unspecified atom stereocenters. The van der Waals surface area contributed by atoms with Gasteiger partial charge >= 0.3 is 6.61 Å². The minimum absolute atomic E-state index is 0.0574.